The van der Waals surface area contributed by atoms with E-state index in [1.54, 1.807) is 31.2 Å². The second-order valence-corrected chi connectivity index (χ2v) is 10.7. The first-order chi connectivity index (χ1) is 14.2. The Bertz CT molecular complexity index is 1360. The lowest BCUT2D eigenvalue weighted by Gasteiger charge is -2.14. The first-order valence-electron chi connectivity index (χ1n) is 8.80. The molecule has 2 aromatic heterocycles. The number of nitrogens with zero attached hydrogens (tertiary/aromatic N) is 3. The van der Waals surface area contributed by atoms with Crippen molar-refractivity contribution >= 4 is 69.1 Å². The number of fused-ring (bicyclic) bond motifs is 2. The van der Waals surface area contributed by atoms with Crippen LogP contribution in [0.3, 0.4) is 0 Å². The Morgan fingerprint density at radius 1 is 1.17 bits per heavy atom. The summed E-state index contributed by atoms with van der Waals surface area (Å²) in [6.45, 7) is 0.0899. The van der Waals surface area contributed by atoms with Crippen LogP contribution in [0.2, 0.25) is 0 Å². The van der Waals surface area contributed by atoms with Crippen LogP contribution in [0, 0.1) is 0 Å². The summed E-state index contributed by atoms with van der Waals surface area (Å²) < 4.78 is 30.4. The van der Waals surface area contributed by atoms with Gasteiger partial charge in [-0.15, -0.1) is 0 Å². The zero-order valence-corrected chi connectivity index (χ0v) is 18.8. The lowest BCUT2D eigenvalue weighted by molar-refractivity contribution is -0.114. The molecular weight excluding hydrogens is 444 g/mol. The highest BCUT2D eigenvalue weighted by atomic mass is 32.2. The summed E-state index contributed by atoms with van der Waals surface area (Å²) in [4.78, 5) is 23.4. The fourth-order valence-electron chi connectivity index (χ4n) is 2.87. The third-order valence-electron chi connectivity index (χ3n) is 4.33. The van der Waals surface area contributed by atoms with Crippen LogP contribution in [0.1, 0.15) is 0 Å². The minimum absolute atomic E-state index is 0.0899. The van der Waals surface area contributed by atoms with E-state index in [4.69, 9.17) is 4.74 Å². The van der Waals surface area contributed by atoms with Gasteiger partial charge in [-0.1, -0.05) is 28.7 Å². The summed E-state index contributed by atoms with van der Waals surface area (Å²) >= 11 is 2.71. The van der Waals surface area contributed by atoms with Crippen molar-refractivity contribution in [1.82, 2.24) is 9.97 Å². The maximum absolute atomic E-state index is 12.5. The average molecular weight is 463 g/mol. The number of nitrogens with one attached hydrogen (secondary N) is 1. The quantitative estimate of drug-likeness (QED) is 0.469. The molecule has 2 aromatic carbocycles. The SMILES string of the molecule is COc1cccc2sc(N(C)CC(=O)Nc3nc4ccc(S(C)(=O)=O)cc4s3)nc12. The molecule has 0 radical (unpaired) electrons. The number of hydrogen-bond acceptors (Lipinski definition) is 9. The lowest BCUT2D eigenvalue weighted by atomic mass is 10.3. The molecule has 0 saturated carbocycles. The molecule has 1 N–H and O–H groups in total. The number of methoxy groups -OCH3 is 1. The minimum atomic E-state index is -3.30. The number of hydrogen-bond donors (Lipinski definition) is 1. The number of para-hydroxylation sites is 1. The van der Waals surface area contributed by atoms with Crippen LogP contribution < -0.4 is 15.0 Å². The fraction of sp³-hybridized carbons (Fsp3) is 0.211. The van der Waals surface area contributed by atoms with Crippen molar-refractivity contribution in [3.8, 4) is 5.75 Å². The van der Waals surface area contributed by atoms with E-state index < -0.39 is 9.84 Å². The summed E-state index contributed by atoms with van der Waals surface area (Å²) in [5.41, 5.74) is 1.40. The van der Waals surface area contributed by atoms with E-state index in [-0.39, 0.29) is 17.3 Å². The summed E-state index contributed by atoms with van der Waals surface area (Å²) in [5, 5.41) is 3.89. The van der Waals surface area contributed by atoms with Crippen molar-refractivity contribution < 1.29 is 17.9 Å². The van der Waals surface area contributed by atoms with Gasteiger partial charge in [0.2, 0.25) is 5.91 Å². The number of rotatable bonds is 6. The second-order valence-electron chi connectivity index (χ2n) is 6.63. The second kappa shape index (κ2) is 7.82. The summed E-state index contributed by atoms with van der Waals surface area (Å²) in [5.74, 6) is 0.446. The Morgan fingerprint density at radius 2 is 1.97 bits per heavy atom. The molecule has 1 amide bonds. The van der Waals surface area contributed by atoms with Crippen molar-refractivity contribution in [2.75, 3.05) is 37.2 Å². The highest BCUT2D eigenvalue weighted by Crippen LogP contribution is 2.33. The average Bonchev–Trinajstić information content (AvgIpc) is 3.29. The van der Waals surface area contributed by atoms with E-state index in [0.717, 1.165) is 16.5 Å². The van der Waals surface area contributed by atoms with Crippen LogP contribution in [0.25, 0.3) is 20.4 Å². The minimum Gasteiger partial charge on any atom is -0.494 e. The van der Waals surface area contributed by atoms with Crippen LogP contribution in [-0.2, 0) is 14.6 Å². The Kier molecular flexibility index (Phi) is 5.35. The Balaban J connectivity index is 1.49. The summed E-state index contributed by atoms with van der Waals surface area (Å²) in [6, 6.07) is 10.4. The van der Waals surface area contributed by atoms with Gasteiger partial charge in [-0.05, 0) is 30.3 Å². The Morgan fingerprint density at radius 3 is 2.70 bits per heavy atom. The first kappa shape index (κ1) is 20.5. The van der Waals surface area contributed by atoms with Crippen molar-refractivity contribution in [1.29, 1.82) is 0 Å². The van der Waals surface area contributed by atoms with E-state index in [1.807, 2.05) is 18.2 Å². The normalized spacial score (nSPS) is 11.7. The van der Waals surface area contributed by atoms with Gasteiger partial charge in [0.15, 0.2) is 20.1 Å². The number of anilines is 2. The number of thiazole rings is 2. The molecule has 0 aliphatic heterocycles. The topological polar surface area (TPSA) is 101 Å². The number of amides is 1. The van der Waals surface area contributed by atoms with Gasteiger partial charge in [0.05, 0.1) is 33.5 Å². The highest BCUT2D eigenvalue weighted by Gasteiger charge is 2.16. The number of aromatic nitrogens is 2. The molecule has 0 aliphatic rings. The van der Waals surface area contributed by atoms with Crippen LogP contribution in [0.4, 0.5) is 10.3 Å². The molecule has 8 nitrogen and oxygen atoms in total. The van der Waals surface area contributed by atoms with Gasteiger partial charge in [-0.3, -0.25) is 4.79 Å². The Hall–Kier alpha value is -2.76. The van der Waals surface area contributed by atoms with Gasteiger partial charge in [0, 0.05) is 13.3 Å². The monoisotopic (exact) mass is 462 g/mol. The van der Waals surface area contributed by atoms with Crippen molar-refractivity contribution in [2.24, 2.45) is 0 Å². The van der Waals surface area contributed by atoms with E-state index >= 15 is 0 Å². The number of likely N-dealkylation sites (N-methyl/N-ethyl adjacent to an activating group) is 1. The number of benzene rings is 2. The molecule has 4 aromatic rings. The van der Waals surface area contributed by atoms with E-state index in [1.165, 1.54) is 28.7 Å². The van der Waals surface area contributed by atoms with Crippen LogP contribution in [0.5, 0.6) is 5.75 Å². The predicted molar refractivity (Wildman–Crippen MR) is 121 cm³/mol. The van der Waals surface area contributed by atoms with E-state index in [9.17, 15) is 13.2 Å². The van der Waals surface area contributed by atoms with Crippen LogP contribution in [-0.4, -0.2) is 51.3 Å². The van der Waals surface area contributed by atoms with Gasteiger partial charge in [-0.2, -0.15) is 0 Å². The van der Waals surface area contributed by atoms with Crippen LogP contribution in [0.15, 0.2) is 41.3 Å². The molecule has 4 rings (SSSR count). The van der Waals surface area contributed by atoms with Crippen molar-refractivity contribution in [2.45, 2.75) is 4.90 Å². The largest absolute Gasteiger partial charge is 0.494 e. The molecule has 30 heavy (non-hydrogen) atoms. The predicted octanol–water partition coefficient (Wildman–Crippen LogP) is 3.39. The molecule has 0 spiro atoms. The van der Waals surface area contributed by atoms with Gasteiger partial charge < -0.3 is 15.0 Å². The highest BCUT2D eigenvalue weighted by molar-refractivity contribution is 7.90. The molecule has 11 heteroatoms. The van der Waals surface area contributed by atoms with Gasteiger partial charge in [0.1, 0.15) is 11.3 Å². The number of ether oxygens (including phenoxy) is 1. The van der Waals surface area contributed by atoms with E-state index in [0.29, 0.717) is 26.2 Å². The maximum Gasteiger partial charge on any atom is 0.245 e. The smallest absolute Gasteiger partial charge is 0.245 e. The lowest BCUT2D eigenvalue weighted by Crippen LogP contribution is -2.29. The Labute approximate surface area is 181 Å². The third kappa shape index (κ3) is 4.09. The molecule has 156 valence electrons. The summed E-state index contributed by atoms with van der Waals surface area (Å²) in [7, 11) is 0.0905. The number of sulfone groups is 1. The van der Waals surface area contributed by atoms with Crippen molar-refractivity contribution in [3.05, 3.63) is 36.4 Å². The van der Waals surface area contributed by atoms with Gasteiger partial charge >= 0.3 is 0 Å². The van der Waals surface area contributed by atoms with Gasteiger partial charge in [0.25, 0.3) is 0 Å². The van der Waals surface area contributed by atoms with Crippen LogP contribution >= 0.6 is 22.7 Å². The third-order valence-corrected chi connectivity index (χ3v) is 7.51. The molecule has 0 atom stereocenters. The molecule has 0 aliphatic carbocycles. The maximum atomic E-state index is 12.5. The fourth-order valence-corrected chi connectivity index (χ4v) is 5.46. The molecular formula is C19H18N4O4S3. The van der Waals surface area contributed by atoms with Crippen molar-refractivity contribution in [3.63, 3.8) is 0 Å². The zero-order valence-electron chi connectivity index (χ0n) is 16.4. The first-order valence-corrected chi connectivity index (χ1v) is 12.3. The molecule has 0 fully saturated rings. The summed E-state index contributed by atoms with van der Waals surface area (Å²) in [6.07, 6.45) is 1.16. The molecule has 0 unspecified atom stereocenters. The van der Waals surface area contributed by atoms with E-state index in [2.05, 4.69) is 15.3 Å². The molecule has 2 heterocycles. The standard InChI is InChI=1S/C19H18N4O4S3/c1-23(19-22-17-13(27-2)5-4-6-14(17)29-19)10-16(24)21-18-20-12-8-7-11(30(3,25)26)9-15(12)28-18/h4-9H,10H2,1-3H3,(H,20,21,24). The zero-order chi connectivity index (χ0) is 21.5. The van der Waals surface area contributed by atoms with Gasteiger partial charge in [-0.25, -0.2) is 18.4 Å². The molecule has 0 bridgehead atoms. The molecule has 0 saturated heterocycles. The number of carbonyl (C=O) groups excluding carboxylic acids is 1. The number of carbonyl (C=O) groups is 1.